The van der Waals surface area contributed by atoms with Gasteiger partial charge in [-0.2, -0.15) is 0 Å². The maximum Gasteiger partial charge on any atom is 0.343 e. The van der Waals surface area contributed by atoms with E-state index in [1.807, 2.05) is 30.3 Å². The average Bonchev–Trinajstić information content (AvgIpc) is 2.54. The van der Waals surface area contributed by atoms with Crippen molar-refractivity contribution in [3.63, 3.8) is 0 Å². The molecule has 0 aliphatic rings. The highest BCUT2D eigenvalue weighted by atomic mass is 32.2. The Morgan fingerprint density at radius 1 is 1.29 bits per heavy atom. The second-order valence-electron chi connectivity index (χ2n) is 4.02. The number of benzene rings is 1. The summed E-state index contributed by atoms with van der Waals surface area (Å²) < 4.78 is 4.97. The Balaban J connectivity index is 2.59. The number of aromatic nitrogens is 2. The van der Waals surface area contributed by atoms with Gasteiger partial charge in [0.05, 0.1) is 6.61 Å². The Bertz CT molecular complexity index is 659. The van der Waals surface area contributed by atoms with Crippen LogP contribution in [0.4, 0.5) is 0 Å². The molecule has 108 valence electrons. The number of hydrogen-bond donors (Lipinski definition) is 0. The van der Waals surface area contributed by atoms with E-state index in [2.05, 4.69) is 9.97 Å². The minimum absolute atomic E-state index is 0.0478. The van der Waals surface area contributed by atoms with Crippen molar-refractivity contribution < 1.29 is 14.3 Å². The third-order valence-corrected chi connectivity index (χ3v) is 3.40. The first kappa shape index (κ1) is 15.2. The highest BCUT2D eigenvalue weighted by molar-refractivity contribution is 7.98. The molecular weight excluding hydrogens is 288 g/mol. The molecule has 2 aromatic rings. The number of hydrogen-bond acceptors (Lipinski definition) is 6. The standard InChI is InChI=1S/C15H14N2O3S/c1-3-20-15(19)12-11(9-18)16-13(17-14(12)21-2)10-7-5-4-6-8-10/h4-9H,3H2,1-2H3. The number of aldehydes is 1. The van der Waals surface area contributed by atoms with E-state index >= 15 is 0 Å². The topological polar surface area (TPSA) is 69.2 Å². The van der Waals surface area contributed by atoms with Crippen LogP contribution >= 0.6 is 11.8 Å². The number of rotatable bonds is 5. The molecule has 21 heavy (non-hydrogen) atoms. The lowest BCUT2D eigenvalue weighted by molar-refractivity contribution is 0.0518. The molecule has 0 atom stereocenters. The van der Waals surface area contributed by atoms with Gasteiger partial charge in [-0.1, -0.05) is 30.3 Å². The van der Waals surface area contributed by atoms with Gasteiger partial charge >= 0.3 is 5.97 Å². The molecule has 6 heteroatoms. The van der Waals surface area contributed by atoms with Gasteiger partial charge in [-0.05, 0) is 13.2 Å². The highest BCUT2D eigenvalue weighted by Crippen LogP contribution is 2.25. The van der Waals surface area contributed by atoms with Crippen LogP contribution in [0.5, 0.6) is 0 Å². The summed E-state index contributed by atoms with van der Waals surface area (Å²) in [5.74, 6) is -0.168. The van der Waals surface area contributed by atoms with E-state index in [4.69, 9.17) is 4.74 Å². The van der Waals surface area contributed by atoms with Gasteiger partial charge in [0.2, 0.25) is 0 Å². The summed E-state index contributed by atoms with van der Waals surface area (Å²) in [5, 5.41) is 0.435. The minimum Gasteiger partial charge on any atom is -0.462 e. The van der Waals surface area contributed by atoms with Gasteiger partial charge in [-0.3, -0.25) is 4.79 Å². The number of ether oxygens (including phenoxy) is 1. The quantitative estimate of drug-likeness (QED) is 0.366. The fourth-order valence-electron chi connectivity index (χ4n) is 1.80. The van der Waals surface area contributed by atoms with Gasteiger partial charge in [-0.15, -0.1) is 11.8 Å². The summed E-state index contributed by atoms with van der Waals surface area (Å²) in [4.78, 5) is 31.8. The molecule has 0 radical (unpaired) electrons. The first-order valence-corrected chi connectivity index (χ1v) is 7.57. The van der Waals surface area contributed by atoms with Crippen LogP contribution in [0, 0.1) is 0 Å². The third-order valence-electron chi connectivity index (χ3n) is 2.72. The van der Waals surface area contributed by atoms with E-state index in [-0.39, 0.29) is 17.9 Å². The van der Waals surface area contributed by atoms with Crippen molar-refractivity contribution in [2.75, 3.05) is 12.9 Å². The average molecular weight is 302 g/mol. The molecule has 1 aromatic heterocycles. The summed E-state index contributed by atoms with van der Waals surface area (Å²) in [6, 6.07) is 9.29. The van der Waals surface area contributed by atoms with Crippen LogP contribution in [-0.4, -0.2) is 35.1 Å². The third kappa shape index (κ3) is 3.28. The first-order valence-electron chi connectivity index (χ1n) is 6.35. The molecule has 0 bridgehead atoms. The second-order valence-corrected chi connectivity index (χ2v) is 4.82. The summed E-state index contributed by atoms with van der Waals surface area (Å²) in [6.07, 6.45) is 2.34. The molecule has 0 amide bonds. The summed E-state index contributed by atoms with van der Waals surface area (Å²) in [5.41, 5.74) is 0.956. The largest absolute Gasteiger partial charge is 0.462 e. The fourth-order valence-corrected chi connectivity index (χ4v) is 2.37. The SMILES string of the molecule is CCOC(=O)c1c(C=O)nc(-c2ccccc2)nc1SC. The fraction of sp³-hybridized carbons (Fsp3) is 0.200. The van der Waals surface area contributed by atoms with Crippen molar-refractivity contribution in [2.45, 2.75) is 11.9 Å². The van der Waals surface area contributed by atoms with Crippen LogP contribution in [0.3, 0.4) is 0 Å². The van der Waals surface area contributed by atoms with Gasteiger partial charge in [0.15, 0.2) is 12.1 Å². The summed E-state index contributed by atoms with van der Waals surface area (Å²) in [6.45, 7) is 1.93. The monoisotopic (exact) mass is 302 g/mol. The number of nitrogens with zero attached hydrogens (tertiary/aromatic N) is 2. The normalized spacial score (nSPS) is 10.2. The van der Waals surface area contributed by atoms with Gasteiger partial charge in [0, 0.05) is 5.56 Å². The Morgan fingerprint density at radius 3 is 2.57 bits per heavy atom. The van der Waals surface area contributed by atoms with Crippen molar-refractivity contribution in [2.24, 2.45) is 0 Å². The molecule has 0 fully saturated rings. The summed E-state index contributed by atoms with van der Waals surface area (Å²) in [7, 11) is 0. The van der Waals surface area contributed by atoms with Crippen molar-refractivity contribution in [3.05, 3.63) is 41.6 Å². The van der Waals surface area contributed by atoms with E-state index < -0.39 is 5.97 Å². The highest BCUT2D eigenvalue weighted by Gasteiger charge is 2.21. The van der Waals surface area contributed by atoms with Crippen LogP contribution in [0.2, 0.25) is 0 Å². The molecule has 0 aliphatic heterocycles. The van der Waals surface area contributed by atoms with Crippen LogP contribution in [0.25, 0.3) is 11.4 Å². The lowest BCUT2D eigenvalue weighted by Crippen LogP contribution is -2.13. The molecule has 0 spiro atoms. The van der Waals surface area contributed by atoms with Crippen LogP contribution < -0.4 is 0 Å². The van der Waals surface area contributed by atoms with E-state index in [9.17, 15) is 9.59 Å². The van der Waals surface area contributed by atoms with Crippen LogP contribution in [-0.2, 0) is 4.74 Å². The molecule has 1 aromatic carbocycles. The molecule has 1 heterocycles. The zero-order chi connectivity index (χ0) is 15.2. The number of thioether (sulfide) groups is 1. The zero-order valence-electron chi connectivity index (χ0n) is 11.7. The lowest BCUT2D eigenvalue weighted by atomic mass is 10.2. The Hall–Kier alpha value is -2.21. The molecule has 0 aliphatic carbocycles. The minimum atomic E-state index is -0.580. The summed E-state index contributed by atoms with van der Waals surface area (Å²) >= 11 is 1.28. The molecular formula is C15H14N2O3S. The number of esters is 1. The van der Waals surface area contributed by atoms with Crippen molar-refractivity contribution >= 4 is 24.0 Å². The van der Waals surface area contributed by atoms with Crippen LogP contribution in [0.1, 0.15) is 27.8 Å². The van der Waals surface area contributed by atoms with E-state index in [0.717, 1.165) is 5.56 Å². The van der Waals surface area contributed by atoms with E-state index in [1.165, 1.54) is 11.8 Å². The molecule has 0 unspecified atom stereocenters. The first-order chi connectivity index (χ1) is 10.2. The second kappa shape index (κ2) is 6.99. The zero-order valence-corrected chi connectivity index (χ0v) is 12.5. The predicted octanol–water partition coefficient (Wildman–Crippen LogP) is 2.85. The van der Waals surface area contributed by atoms with Gasteiger partial charge in [0.25, 0.3) is 0 Å². The number of carbonyl (C=O) groups is 2. The van der Waals surface area contributed by atoms with Crippen molar-refractivity contribution in [1.29, 1.82) is 0 Å². The predicted molar refractivity (Wildman–Crippen MR) is 80.6 cm³/mol. The van der Waals surface area contributed by atoms with E-state index in [0.29, 0.717) is 17.1 Å². The number of carbonyl (C=O) groups excluding carboxylic acids is 2. The Labute approximate surface area is 126 Å². The van der Waals surface area contributed by atoms with Crippen LogP contribution in [0.15, 0.2) is 35.4 Å². The molecule has 0 saturated carbocycles. The van der Waals surface area contributed by atoms with Gasteiger partial charge in [-0.25, -0.2) is 14.8 Å². The lowest BCUT2D eigenvalue weighted by Gasteiger charge is -2.10. The molecule has 0 saturated heterocycles. The Morgan fingerprint density at radius 2 is 2.00 bits per heavy atom. The van der Waals surface area contributed by atoms with E-state index in [1.54, 1.807) is 13.2 Å². The molecule has 0 N–H and O–H groups in total. The van der Waals surface area contributed by atoms with Crippen molar-refractivity contribution in [3.8, 4) is 11.4 Å². The molecule has 5 nitrogen and oxygen atoms in total. The van der Waals surface area contributed by atoms with Crippen molar-refractivity contribution in [1.82, 2.24) is 9.97 Å². The van der Waals surface area contributed by atoms with Gasteiger partial charge < -0.3 is 4.74 Å². The molecule has 2 rings (SSSR count). The van der Waals surface area contributed by atoms with Gasteiger partial charge in [0.1, 0.15) is 16.3 Å². The Kier molecular flexibility index (Phi) is 5.05. The maximum absolute atomic E-state index is 12.0. The maximum atomic E-state index is 12.0. The smallest absolute Gasteiger partial charge is 0.343 e.